The van der Waals surface area contributed by atoms with Gasteiger partial charge in [-0.05, 0) is 64.8 Å². The maximum atomic E-state index is 3.48. The number of hydrogen-bond acceptors (Lipinski definition) is 2. The van der Waals surface area contributed by atoms with E-state index in [1.165, 1.54) is 84.1 Å². The molecule has 0 saturated heterocycles. The number of hydrogen-bond donors (Lipinski definition) is 1. The average molecular weight is 256 g/mol. The number of unbranched alkanes of at least 4 members (excludes halogenated alkanes) is 4. The van der Waals surface area contributed by atoms with Crippen LogP contribution in [0.25, 0.3) is 0 Å². The zero-order chi connectivity index (χ0) is 13.5. The molecule has 0 aromatic rings. The molecule has 0 aliphatic heterocycles. The van der Waals surface area contributed by atoms with Crippen molar-refractivity contribution in [3.05, 3.63) is 0 Å². The monoisotopic (exact) mass is 256 g/mol. The predicted octanol–water partition coefficient (Wildman–Crippen LogP) is 4.06. The van der Waals surface area contributed by atoms with Crippen molar-refractivity contribution in [2.45, 2.75) is 72.1 Å². The van der Waals surface area contributed by atoms with Gasteiger partial charge in [-0.15, -0.1) is 0 Å². The van der Waals surface area contributed by atoms with E-state index in [0.29, 0.717) is 0 Å². The number of nitrogens with zero attached hydrogens (tertiary/aromatic N) is 1. The standard InChI is InChI=1S/C16H36N2/c1-4-7-14-18(15-8-5-2)16-11-9-10-13-17-12-6-3/h17H,4-16H2,1-3H3. The van der Waals surface area contributed by atoms with Crippen molar-refractivity contribution in [1.82, 2.24) is 10.2 Å². The van der Waals surface area contributed by atoms with Crippen molar-refractivity contribution in [1.29, 1.82) is 0 Å². The van der Waals surface area contributed by atoms with Crippen LogP contribution in [0.3, 0.4) is 0 Å². The highest BCUT2D eigenvalue weighted by molar-refractivity contribution is 4.59. The van der Waals surface area contributed by atoms with Gasteiger partial charge in [-0.25, -0.2) is 0 Å². The quantitative estimate of drug-likeness (QED) is 0.472. The summed E-state index contributed by atoms with van der Waals surface area (Å²) in [5.41, 5.74) is 0. The SMILES string of the molecule is CCCCN(CCCC)CCCCCNCCC. The van der Waals surface area contributed by atoms with E-state index in [1.54, 1.807) is 0 Å². The fourth-order valence-corrected chi connectivity index (χ4v) is 2.16. The van der Waals surface area contributed by atoms with Crippen LogP contribution in [0.1, 0.15) is 72.1 Å². The third-order valence-corrected chi connectivity index (χ3v) is 3.41. The van der Waals surface area contributed by atoms with Crippen LogP contribution >= 0.6 is 0 Å². The van der Waals surface area contributed by atoms with Crippen molar-refractivity contribution in [2.75, 3.05) is 32.7 Å². The molecule has 0 rings (SSSR count). The number of rotatable bonds is 14. The van der Waals surface area contributed by atoms with Crippen LogP contribution in [0.4, 0.5) is 0 Å². The largest absolute Gasteiger partial charge is 0.317 e. The van der Waals surface area contributed by atoms with E-state index in [2.05, 4.69) is 31.0 Å². The Balaban J connectivity index is 3.43. The fraction of sp³-hybridized carbons (Fsp3) is 1.00. The fourth-order valence-electron chi connectivity index (χ4n) is 2.16. The molecule has 0 aromatic carbocycles. The van der Waals surface area contributed by atoms with Crippen LogP contribution in [-0.4, -0.2) is 37.6 Å². The molecule has 1 N–H and O–H groups in total. The zero-order valence-corrected chi connectivity index (χ0v) is 13.1. The van der Waals surface area contributed by atoms with E-state index in [0.717, 1.165) is 0 Å². The molecular weight excluding hydrogens is 220 g/mol. The molecule has 0 heterocycles. The van der Waals surface area contributed by atoms with Crippen molar-refractivity contribution in [3.63, 3.8) is 0 Å². The van der Waals surface area contributed by atoms with Crippen LogP contribution in [0.15, 0.2) is 0 Å². The summed E-state index contributed by atoms with van der Waals surface area (Å²) >= 11 is 0. The number of nitrogens with one attached hydrogen (secondary N) is 1. The molecule has 0 fully saturated rings. The lowest BCUT2D eigenvalue weighted by Crippen LogP contribution is -2.27. The molecule has 0 aromatic heterocycles. The molecule has 0 saturated carbocycles. The smallest absolute Gasteiger partial charge is 0.00187 e. The van der Waals surface area contributed by atoms with E-state index in [9.17, 15) is 0 Å². The molecule has 0 atom stereocenters. The molecule has 0 spiro atoms. The van der Waals surface area contributed by atoms with Gasteiger partial charge in [0.1, 0.15) is 0 Å². The molecule has 0 amide bonds. The summed E-state index contributed by atoms with van der Waals surface area (Å²) in [5.74, 6) is 0. The van der Waals surface area contributed by atoms with Gasteiger partial charge in [0.2, 0.25) is 0 Å². The maximum absolute atomic E-state index is 3.48. The van der Waals surface area contributed by atoms with Gasteiger partial charge in [-0.2, -0.15) is 0 Å². The molecule has 0 radical (unpaired) electrons. The molecule has 2 nitrogen and oxygen atoms in total. The molecular formula is C16H36N2. The summed E-state index contributed by atoms with van der Waals surface area (Å²) in [7, 11) is 0. The third kappa shape index (κ3) is 12.4. The van der Waals surface area contributed by atoms with E-state index in [1.807, 2.05) is 0 Å². The minimum atomic E-state index is 1.18. The van der Waals surface area contributed by atoms with Gasteiger partial charge in [0.05, 0.1) is 0 Å². The van der Waals surface area contributed by atoms with Gasteiger partial charge in [0.15, 0.2) is 0 Å². The molecule has 0 bridgehead atoms. The lowest BCUT2D eigenvalue weighted by atomic mass is 10.2. The van der Waals surface area contributed by atoms with Crippen molar-refractivity contribution >= 4 is 0 Å². The summed E-state index contributed by atoms with van der Waals surface area (Å²) in [6, 6.07) is 0. The Labute approximate surface area is 116 Å². The van der Waals surface area contributed by atoms with Crippen LogP contribution in [0, 0.1) is 0 Å². The van der Waals surface area contributed by atoms with Crippen LogP contribution in [0.5, 0.6) is 0 Å². The second-order valence-corrected chi connectivity index (χ2v) is 5.36. The lowest BCUT2D eigenvalue weighted by Gasteiger charge is -2.21. The van der Waals surface area contributed by atoms with Gasteiger partial charge in [0.25, 0.3) is 0 Å². The van der Waals surface area contributed by atoms with E-state index in [4.69, 9.17) is 0 Å². The predicted molar refractivity (Wildman–Crippen MR) is 83.3 cm³/mol. The Hall–Kier alpha value is -0.0800. The van der Waals surface area contributed by atoms with Crippen LogP contribution in [0.2, 0.25) is 0 Å². The Bertz CT molecular complexity index is 140. The van der Waals surface area contributed by atoms with Gasteiger partial charge in [-0.3, -0.25) is 0 Å². The van der Waals surface area contributed by atoms with Gasteiger partial charge < -0.3 is 10.2 Å². The maximum Gasteiger partial charge on any atom is -0.00187 e. The molecule has 0 aliphatic rings. The second kappa shape index (κ2) is 15.0. The van der Waals surface area contributed by atoms with E-state index >= 15 is 0 Å². The molecule has 0 unspecified atom stereocenters. The Morgan fingerprint density at radius 1 is 0.611 bits per heavy atom. The topological polar surface area (TPSA) is 15.3 Å². The lowest BCUT2D eigenvalue weighted by molar-refractivity contribution is 0.259. The summed E-state index contributed by atoms with van der Waals surface area (Å²) in [4.78, 5) is 2.67. The Morgan fingerprint density at radius 2 is 1.22 bits per heavy atom. The van der Waals surface area contributed by atoms with Gasteiger partial charge >= 0.3 is 0 Å². The summed E-state index contributed by atoms with van der Waals surface area (Å²) in [6.45, 7) is 13.1. The zero-order valence-electron chi connectivity index (χ0n) is 13.1. The first kappa shape index (κ1) is 17.9. The van der Waals surface area contributed by atoms with Crippen LogP contribution in [-0.2, 0) is 0 Å². The normalized spacial score (nSPS) is 11.3. The first-order chi connectivity index (χ1) is 8.85. The van der Waals surface area contributed by atoms with Crippen LogP contribution < -0.4 is 5.32 Å². The first-order valence-electron chi connectivity index (χ1n) is 8.28. The van der Waals surface area contributed by atoms with Crippen molar-refractivity contribution in [2.24, 2.45) is 0 Å². The molecule has 0 aliphatic carbocycles. The van der Waals surface area contributed by atoms with E-state index < -0.39 is 0 Å². The van der Waals surface area contributed by atoms with Gasteiger partial charge in [0, 0.05) is 0 Å². The first-order valence-corrected chi connectivity index (χ1v) is 8.28. The molecule has 110 valence electrons. The highest BCUT2D eigenvalue weighted by atomic mass is 15.1. The highest BCUT2D eigenvalue weighted by Crippen LogP contribution is 2.03. The Kier molecular flexibility index (Phi) is 14.9. The minimum absolute atomic E-state index is 1.18. The molecule has 18 heavy (non-hydrogen) atoms. The summed E-state index contributed by atoms with van der Waals surface area (Å²) in [5, 5.41) is 3.48. The summed E-state index contributed by atoms with van der Waals surface area (Å²) < 4.78 is 0. The average Bonchev–Trinajstić information content (AvgIpc) is 2.40. The van der Waals surface area contributed by atoms with Crippen molar-refractivity contribution in [3.8, 4) is 0 Å². The second-order valence-electron chi connectivity index (χ2n) is 5.36. The minimum Gasteiger partial charge on any atom is -0.317 e. The van der Waals surface area contributed by atoms with Gasteiger partial charge in [-0.1, -0.05) is 40.0 Å². The Morgan fingerprint density at radius 3 is 1.78 bits per heavy atom. The van der Waals surface area contributed by atoms with Crippen molar-refractivity contribution < 1.29 is 0 Å². The third-order valence-electron chi connectivity index (χ3n) is 3.41. The molecule has 2 heteroatoms. The summed E-state index contributed by atoms with van der Waals surface area (Å²) in [6.07, 6.45) is 10.7. The van der Waals surface area contributed by atoms with E-state index in [-0.39, 0.29) is 0 Å². The highest BCUT2D eigenvalue weighted by Gasteiger charge is 2.03.